The van der Waals surface area contributed by atoms with Crippen LogP contribution in [0, 0.1) is 6.92 Å². The zero-order valence-electron chi connectivity index (χ0n) is 20.6. The first-order chi connectivity index (χ1) is 16.2. The molecular weight excluding hydrogens is 462 g/mol. The molecule has 0 spiro atoms. The minimum absolute atomic E-state index is 0.0370. The highest BCUT2D eigenvalue weighted by molar-refractivity contribution is 7.89. The maximum Gasteiger partial charge on any atom is 0.240 e. The Hall–Kier alpha value is -2.66. The van der Waals surface area contributed by atoms with Gasteiger partial charge in [0.1, 0.15) is 6.29 Å². The van der Waals surface area contributed by atoms with E-state index in [2.05, 4.69) is 4.72 Å². The quantitative estimate of drug-likeness (QED) is 0.411. The highest BCUT2D eigenvalue weighted by atomic mass is 32.2. The first-order valence-corrected chi connectivity index (χ1v) is 12.4. The third kappa shape index (κ3) is 9.30. The van der Waals surface area contributed by atoms with Crippen molar-refractivity contribution in [2.45, 2.75) is 52.3 Å². The fraction of sp³-hybridized carbons (Fsp3) is 0.458. The van der Waals surface area contributed by atoms with E-state index < -0.39 is 10.0 Å². The van der Waals surface area contributed by atoms with Crippen LogP contribution < -0.4 is 18.9 Å². The van der Waals surface area contributed by atoms with E-state index in [0.717, 1.165) is 25.1 Å². The second-order valence-electron chi connectivity index (χ2n) is 6.84. The molecule has 0 atom stereocenters. The molecule has 1 heterocycles. The Morgan fingerprint density at radius 1 is 1.06 bits per heavy atom. The second kappa shape index (κ2) is 15.3. The molecule has 0 aromatic heterocycles. The summed E-state index contributed by atoms with van der Waals surface area (Å²) in [6.45, 7) is 10.8. The third-order valence-electron chi connectivity index (χ3n) is 4.37. The van der Waals surface area contributed by atoms with Crippen LogP contribution in [-0.2, 0) is 30.8 Å². The molecule has 0 aliphatic carbocycles. The normalized spacial score (nSPS) is 11.7. The molecule has 0 saturated heterocycles. The molecular formula is C24H35NO8S. The maximum atomic E-state index is 12.3. The Morgan fingerprint density at radius 3 is 2.18 bits per heavy atom. The summed E-state index contributed by atoms with van der Waals surface area (Å²) in [7, 11) is -2.08. The lowest BCUT2D eigenvalue weighted by molar-refractivity contribution is -0.123. The number of methoxy groups -OCH3 is 1. The van der Waals surface area contributed by atoms with Gasteiger partial charge in [-0.15, -0.1) is 0 Å². The van der Waals surface area contributed by atoms with E-state index in [1.54, 1.807) is 36.4 Å². The van der Waals surface area contributed by atoms with E-state index in [-0.39, 0.29) is 24.5 Å². The van der Waals surface area contributed by atoms with Gasteiger partial charge in [-0.25, -0.2) is 13.1 Å². The van der Waals surface area contributed by atoms with Crippen molar-refractivity contribution < 1.29 is 36.9 Å². The summed E-state index contributed by atoms with van der Waals surface area (Å²) in [4.78, 5) is 9.03. The average Bonchev–Trinajstić information content (AvgIpc) is 3.28. The summed E-state index contributed by atoms with van der Waals surface area (Å²) >= 11 is 0. The molecule has 2 aromatic carbocycles. The van der Waals surface area contributed by atoms with E-state index in [1.165, 1.54) is 14.0 Å². The van der Waals surface area contributed by atoms with Crippen LogP contribution in [0.4, 0.5) is 0 Å². The topological polar surface area (TPSA) is 109 Å². The first kappa shape index (κ1) is 29.4. The van der Waals surface area contributed by atoms with Crippen molar-refractivity contribution in [2.24, 2.45) is 0 Å². The molecule has 0 radical (unpaired) electrons. The zero-order valence-corrected chi connectivity index (χ0v) is 21.4. The molecule has 2 aromatic rings. The zero-order chi connectivity index (χ0) is 25.6. The molecule has 0 amide bonds. The number of rotatable bonds is 9. The molecule has 34 heavy (non-hydrogen) atoms. The van der Waals surface area contributed by atoms with E-state index in [9.17, 15) is 8.42 Å². The molecule has 1 aliphatic rings. The highest BCUT2D eigenvalue weighted by Gasteiger charge is 2.23. The lowest BCUT2D eigenvalue weighted by atomic mass is 10.2. The SMILES string of the molecule is CC=O.CCOC(C)OCC.COc1c(CNS(=O)(=O)c2ccc(C)cc2)ccc2c1OCO2. The predicted octanol–water partition coefficient (Wildman–Crippen LogP) is 3.82. The first-order valence-electron chi connectivity index (χ1n) is 10.9. The molecule has 0 unspecified atom stereocenters. The number of fused-ring (bicyclic) bond motifs is 1. The minimum atomic E-state index is -3.59. The molecule has 0 bridgehead atoms. The number of benzene rings is 2. The van der Waals surface area contributed by atoms with E-state index in [4.69, 9.17) is 28.5 Å². The maximum absolute atomic E-state index is 12.3. The van der Waals surface area contributed by atoms with Gasteiger partial charge in [0, 0.05) is 25.3 Å². The van der Waals surface area contributed by atoms with Gasteiger partial charge in [-0.05, 0) is 52.8 Å². The molecule has 1 aliphatic heterocycles. The summed E-state index contributed by atoms with van der Waals surface area (Å²) in [5.41, 5.74) is 1.67. The summed E-state index contributed by atoms with van der Waals surface area (Å²) in [6.07, 6.45) is 0.713. The van der Waals surface area contributed by atoms with Gasteiger partial charge < -0.3 is 28.5 Å². The average molecular weight is 498 g/mol. The largest absolute Gasteiger partial charge is 0.492 e. The smallest absolute Gasteiger partial charge is 0.240 e. The van der Waals surface area contributed by atoms with E-state index >= 15 is 0 Å². The van der Waals surface area contributed by atoms with E-state index in [0.29, 0.717) is 22.8 Å². The number of carbonyl (C=O) groups excluding carboxylic acids is 1. The van der Waals surface area contributed by atoms with Crippen LogP contribution in [0.3, 0.4) is 0 Å². The van der Waals surface area contributed by atoms with Crippen LogP contribution in [0.2, 0.25) is 0 Å². The van der Waals surface area contributed by atoms with Gasteiger partial charge in [0.2, 0.25) is 22.6 Å². The number of carbonyl (C=O) groups is 1. The summed E-state index contributed by atoms with van der Waals surface area (Å²) < 4.78 is 53.4. The van der Waals surface area contributed by atoms with Crippen LogP contribution >= 0.6 is 0 Å². The molecule has 190 valence electrons. The Bertz CT molecular complexity index is 971. The standard InChI is InChI=1S/C16H17NO5S.C6H14O2.C2H4O/c1-11-3-6-13(7-4-11)23(18,19)17-9-12-5-8-14-16(15(12)20-2)22-10-21-14;1-4-7-6(3)8-5-2;1-2-3/h3-8,17H,9-10H2,1-2H3;6H,4-5H2,1-3H3;2H,1H3. The van der Waals surface area contributed by atoms with E-state index in [1.807, 2.05) is 27.7 Å². The number of ether oxygens (including phenoxy) is 5. The minimum Gasteiger partial charge on any atom is -0.492 e. The van der Waals surface area contributed by atoms with Crippen LogP contribution in [-0.4, -0.2) is 48.1 Å². The second-order valence-corrected chi connectivity index (χ2v) is 8.61. The predicted molar refractivity (Wildman–Crippen MR) is 129 cm³/mol. The monoisotopic (exact) mass is 497 g/mol. The summed E-state index contributed by atoms with van der Waals surface area (Å²) in [6, 6.07) is 10.2. The molecule has 0 fully saturated rings. The number of aldehydes is 1. The van der Waals surface area contributed by atoms with Crippen molar-refractivity contribution in [2.75, 3.05) is 27.1 Å². The molecule has 10 heteroatoms. The van der Waals surface area contributed by atoms with Crippen LogP contribution in [0.1, 0.15) is 38.8 Å². The van der Waals surface area contributed by atoms with Crippen molar-refractivity contribution in [1.29, 1.82) is 0 Å². The Balaban J connectivity index is 0.000000443. The van der Waals surface area contributed by atoms with Crippen molar-refractivity contribution >= 4 is 16.3 Å². The van der Waals surface area contributed by atoms with Gasteiger partial charge in [0.15, 0.2) is 17.8 Å². The Labute approximate surface area is 202 Å². The van der Waals surface area contributed by atoms with Crippen molar-refractivity contribution in [1.82, 2.24) is 4.72 Å². The molecule has 0 saturated carbocycles. The lowest BCUT2D eigenvalue weighted by Gasteiger charge is -2.12. The van der Waals surface area contributed by atoms with Crippen molar-refractivity contribution in [3.8, 4) is 17.2 Å². The highest BCUT2D eigenvalue weighted by Crippen LogP contribution is 2.43. The Kier molecular flexibility index (Phi) is 13.2. The van der Waals surface area contributed by atoms with Gasteiger partial charge in [-0.1, -0.05) is 23.8 Å². The van der Waals surface area contributed by atoms with Crippen LogP contribution in [0.15, 0.2) is 41.3 Å². The fourth-order valence-electron chi connectivity index (χ4n) is 2.84. The number of sulfonamides is 1. The van der Waals surface area contributed by atoms with Crippen molar-refractivity contribution in [3.63, 3.8) is 0 Å². The van der Waals surface area contributed by atoms with Gasteiger partial charge in [-0.2, -0.15) is 0 Å². The number of hydrogen-bond acceptors (Lipinski definition) is 8. The van der Waals surface area contributed by atoms with Crippen LogP contribution in [0.25, 0.3) is 0 Å². The van der Waals surface area contributed by atoms with Gasteiger partial charge in [0.25, 0.3) is 0 Å². The third-order valence-corrected chi connectivity index (χ3v) is 5.78. The summed E-state index contributed by atoms with van der Waals surface area (Å²) in [5.74, 6) is 1.57. The van der Waals surface area contributed by atoms with Gasteiger partial charge in [0.05, 0.1) is 12.0 Å². The van der Waals surface area contributed by atoms with Gasteiger partial charge >= 0.3 is 0 Å². The molecule has 1 N–H and O–H groups in total. The fourth-order valence-corrected chi connectivity index (χ4v) is 3.85. The summed E-state index contributed by atoms with van der Waals surface area (Å²) in [5, 5.41) is 0. The lowest BCUT2D eigenvalue weighted by Crippen LogP contribution is -2.23. The molecule has 3 rings (SSSR count). The number of hydrogen-bond donors (Lipinski definition) is 1. The van der Waals surface area contributed by atoms with Crippen LogP contribution in [0.5, 0.6) is 17.2 Å². The Morgan fingerprint density at radius 2 is 1.65 bits per heavy atom. The number of nitrogens with one attached hydrogen (secondary N) is 1. The van der Waals surface area contributed by atoms with Crippen molar-refractivity contribution in [3.05, 3.63) is 47.5 Å². The van der Waals surface area contributed by atoms with Gasteiger partial charge in [-0.3, -0.25) is 0 Å². The molecule has 9 nitrogen and oxygen atoms in total. The number of aryl methyl sites for hydroxylation is 1.